The topological polar surface area (TPSA) is 63.2 Å². The zero-order valence-electron chi connectivity index (χ0n) is 16.5. The van der Waals surface area contributed by atoms with Gasteiger partial charge in [-0.15, -0.1) is 11.3 Å². The van der Waals surface area contributed by atoms with Crippen molar-refractivity contribution in [2.75, 3.05) is 17.2 Å². The predicted molar refractivity (Wildman–Crippen MR) is 127 cm³/mol. The Morgan fingerprint density at radius 2 is 1.77 bits per heavy atom. The fourth-order valence-electron chi connectivity index (χ4n) is 2.94. The van der Waals surface area contributed by atoms with Crippen molar-refractivity contribution in [3.63, 3.8) is 0 Å². The molecule has 0 radical (unpaired) electrons. The number of hydrogen-bond donors (Lipinski definition) is 2. The first-order valence-electron chi connectivity index (χ1n) is 9.66. The molecule has 156 valence electrons. The molecule has 0 saturated heterocycles. The summed E-state index contributed by atoms with van der Waals surface area (Å²) in [5.74, 6) is -0.199. The van der Waals surface area contributed by atoms with E-state index in [1.807, 2.05) is 84.2 Å². The molecule has 0 aliphatic carbocycles. The molecule has 3 aromatic carbocycles. The lowest BCUT2D eigenvalue weighted by Gasteiger charge is -2.08. The van der Waals surface area contributed by atoms with E-state index in [2.05, 4.69) is 15.6 Å². The molecule has 0 bridgehead atoms. The summed E-state index contributed by atoms with van der Waals surface area (Å²) >= 11 is 7.53. The fourth-order valence-corrected chi connectivity index (χ4v) is 3.87. The lowest BCUT2D eigenvalue weighted by molar-refractivity contribution is -0.121. The number of nitrogens with zero attached hydrogens (tertiary/aromatic N) is 1. The Morgan fingerprint density at radius 3 is 2.61 bits per heavy atom. The van der Waals surface area contributed by atoms with Gasteiger partial charge >= 0.3 is 0 Å². The summed E-state index contributed by atoms with van der Waals surface area (Å²) in [6, 6.07) is 24.8. The van der Waals surface area contributed by atoms with Crippen LogP contribution in [0.15, 0.2) is 84.2 Å². The Labute approximate surface area is 189 Å². The highest BCUT2D eigenvalue weighted by Gasteiger charge is 2.08. The lowest BCUT2D eigenvalue weighted by Crippen LogP contribution is -2.18. The zero-order valence-corrected chi connectivity index (χ0v) is 18.1. The minimum Gasteiger partial charge on any atom is -0.367 e. The number of rotatable bonds is 8. The van der Waals surface area contributed by atoms with Gasteiger partial charge in [-0.05, 0) is 35.9 Å². The van der Waals surface area contributed by atoms with E-state index in [0.717, 1.165) is 27.6 Å². The number of aromatic nitrogens is 1. The average molecular weight is 450 g/mol. The third kappa shape index (κ3) is 6.15. The molecule has 2 N–H and O–H groups in total. The molecule has 0 aliphatic heterocycles. The third-order valence-electron chi connectivity index (χ3n) is 4.37. The lowest BCUT2D eigenvalue weighted by atomic mass is 10.1. The normalized spacial score (nSPS) is 10.6. The van der Waals surface area contributed by atoms with Crippen molar-refractivity contribution in [2.24, 2.45) is 0 Å². The number of benzene rings is 3. The second-order valence-corrected chi connectivity index (χ2v) is 8.08. The van der Waals surface area contributed by atoms with Crippen LogP contribution in [0.2, 0.25) is 5.02 Å². The first kappa shape index (κ1) is 21.1. The number of carbonyl (C=O) groups excluding carboxylic acids is 1. The Morgan fingerprint density at radius 1 is 0.968 bits per heavy atom. The van der Waals surface area contributed by atoms with Crippen molar-refractivity contribution < 1.29 is 9.53 Å². The summed E-state index contributed by atoms with van der Waals surface area (Å²) in [7, 11) is 0. The summed E-state index contributed by atoms with van der Waals surface area (Å²) in [6.45, 7) is 0.388. The maximum Gasteiger partial charge on any atom is 0.250 e. The highest BCUT2D eigenvalue weighted by atomic mass is 35.5. The summed E-state index contributed by atoms with van der Waals surface area (Å²) in [6.07, 6.45) is 0. The van der Waals surface area contributed by atoms with Crippen LogP contribution in [0.3, 0.4) is 0 Å². The highest BCUT2D eigenvalue weighted by Crippen LogP contribution is 2.29. The summed E-state index contributed by atoms with van der Waals surface area (Å²) in [5.41, 5.74) is 4.35. The van der Waals surface area contributed by atoms with Crippen LogP contribution in [0.1, 0.15) is 5.56 Å². The summed E-state index contributed by atoms with van der Waals surface area (Å²) in [4.78, 5) is 16.9. The van der Waals surface area contributed by atoms with Gasteiger partial charge in [0.15, 0.2) is 5.13 Å². The minimum absolute atomic E-state index is 0.0104. The van der Waals surface area contributed by atoms with Crippen LogP contribution in [0, 0.1) is 0 Å². The van der Waals surface area contributed by atoms with E-state index in [1.165, 1.54) is 11.3 Å². The number of anilines is 3. The highest BCUT2D eigenvalue weighted by molar-refractivity contribution is 7.14. The molecule has 4 rings (SSSR count). The molecule has 1 aromatic heterocycles. The number of nitrogens with one attached hydrogen (secondary N) is 2. The molecule has 0 saturated carbocycles. The van der Waals surface area contributed by atoms with Gasteiger partial charge in [-0.25, -0.2) is 4.98 Å². The zero-order chi connectivity index (χ0) is 21.5. The molecule has 0 atom stereocenters. The van der Waals surface area contributed by atoms with Crippen LogP contribution in [-0.4, -0.2) is 17.5 Å². The molecule has 1 amide bonds. The van der Waals surface area contributed by atoms with Crippen molar-refractivity contribution in [2.45, 2.75) is 6.61 Å². The van der Waals surface area contributed by atoms with Crippen LogP contribution in [0.4, 0.5) is 16.5 Å². The molecule has 0 aliphatic rings. The van der Waals surface area contributed by atoms with E-state index >= 15 is 0 Å². The molecule has 31 heavy (non-hydrogen) atoms. The largest absolute Gasteiger partial charge is 0.367 e. The van der Waals surface area contributed by atoms with E-state index in [9.17, 15) is 4.79 Å². The number of carbonyl (C=O) groups is 1. The smallest absolute Gasteiger partial charge is 0.250 e. The summed E-state index contributed by atoms with van der Waals surface area (Å²) in [5, 5.41) is 9.53. The van der Waals surface area contributed by atoms with Gasteiger partial charge in [0.1, 0.15) is 6.61 Å². The first-order chi connectivity index (χ1) is 15.2. The van der Waals surface area contributed by atoms with Gasteiger partial charge in [-0.2, -0.15) is 0 Å². The SMILES string of the molecule is O=C(COCc1ccccc1)Nc1cccc(-c2csc(Nc3cccc(Cl)c3)n2)c1. The number of ether oxygens (including phenoxy) is 1. The Balaban J connectivity index is 1.35. The van der Waals surface area contributed by atoms with E-state index < -0.39 is 0 Å². The number of thiazole rings is 1. The minimum atomic E-state index is -0.199. The Bertz CT molecular complexity index is 1160. The maximum absolute atomic E-state index is 12.2. The molecular formula is C24H20ClN3O2S. The molecule has 0 fully saturated rings. The molecule has 1 heterocycles. The standard InChI is InChI=1S/C24H20ClN3O2S/c25-19-9-5-11-21(13-19)27-24-28-22(16-31-24)18-8-4-10-20(12-18)26-23(29)15-30-14-17-6-2-1-3-7-17/h1-13,16H,14-15H2,(H,26,29)(H,27,28). The molecule has 5 nitrogen and oxygen atoms in total. The quantitative estimate of drug-likeness (QED) is 0.328. The van der Waals surface area contributed by atoms with Gasteiger partial charge in [-0.1, -0.05) is 60.1 Å². The number of halogens is 1. The maximum atomic E-state index is 12.2. The van der Waals surface area contributed by atoms with Gasteiger partial charge in [0.2, 0.25) is 5.91 Å². The molecular weight excluding hydrogens is 430 g/mol. The van der Waals surface area contributed by atoms with Crippen LogP contribution in [0.25, 0.3) is 11.3 Å². The number of hydrogen-bond acceptors (Lipinski definition) is 5. The van der Waals surface area contributed by atoms with Crippen molar-refractivity contribution in [1.82, 2.24) is 4.98 Å². The van der Waals surface area contributed by atoms with Crippen LogP contribution < -0.4 is 10.6 Å². The van der Waals surface area contributed by atoms with Crippen LogP contribution >= 0.6 is 22.9 Å². The van der Waals surface area contributed by atoms with Crippen LogP contribution in [0.5, 0.6) is 0 Å². The monoisotopic (exact) mass is 449 g/mol. The predicted octanol–water partition coefficient (Wildman–Crippen LogP) is 6.36. The van der Waals surface area contributed by atoms with Crippen molar-refractivity contribution in [3.05, 3.63) is 94.8 Å². The van der Waals surface area contributed by atoms with E-state index in [-0.39, 0.29) is 12.5 Å². The first-order valence-corrected chi connectivity index (χ1v) is 10.9. The van der Waals surface area contributed by atoms with Crippen molar-refractivity contribution >= 4 is 45.4 Å². The van der Waals surface area contributed by atoms with Crippen LogP contribution in [-0.2, 0) is 16.1 Å². The third-order valence-corrected chi connectivity index (χ3v) is 5.36. The molecule has 7 heteroatoms. The van der Waals surface area contributed by atoms with E-state index in [4.69, 9.17) is 16.3 Å². The van der Waals surface area contributed by atoms with Crippen molar-refractivity contribution in [3.8, 4) is 11.3 Å². The van der Waals surface area contributed by atoms with Gasteiger partial charge in [0.05, 0.1) is 12.3 Å². The summed E-state index contributed by atoms with van der Waals surface area (Å²) < 4.78 is 5.50. The fraction of sp³-hybridized carbons (Fsp3) is 0.0833. The second-order valence-electron chi connectivity index (χ2n) is 6.78. The van der Waals surface area contributed by atoms with Crippen molar-refractivity contribution in [1.29, 1.82) is 0 Å². The second kappa shape index (κ2) is 10.2. The molecule has 4 aromatic rings. The average Bonchev–Trinajstić information content (AvgIpc) is 3.23. The molecule has 0 unspecified atom stereocenters. The Hall–Kier alpha value is -3.19. The van der Waals surface area contributed by atoms with Gasteiger partial charge < -0.3 is 15.4 Å². The Kier molecular flexibility index (Phi) is 6.94. The van der Waals surface area contributed by atoms with Gasteiger partial charge in [-0.3, -0.25) is 4.79 Å². The van der Waals surface area contributed by atoms with E-state index in [0.29, 0.717) is 17.3 Å². The molecule has 0 spiro atoms. The van der Waals surface area contributed by atoms with E-state index in [1.54, 1.807) is 0 Å². The van der Waals surface area contributed by atoms with Gasteiger partial charge in [0.25, 0.3) is 0 Å². The van der Waals surface area contributed by atoms with Gasteiger partial charge in [0, 0.05) is 27.3 Å². The number of amides is 1.